The van der Waals surface area contributed by atoms with Crippen LogP contribution < -0.4 is 4.74 Å². The molecular weight excluding hydrogens is 340 g/mol. The third kappa shape index (κ3) is 5.07. The maximum absolute atomic E-state index is 10.7. The average Bonchev–Trinajstić information content (AvgIpc) is 2.61. The van der Waals surface area contributed by atoms with Gasteiger partial charge in [-0.1, -0.05) is 24.9 Å². The summed E-state index contributed by atoms with van der Waals surface area (Å²) in [6, 6.07) is 13.2. The van der Waals surface area contributed by atoms with E-state index in [0.29, 0.717) is 34.1 Å². The van der Waals surface area contributed by atoms with Crippen LogP contribution in [0.3, 0.4) is 0 Å². The molecule has 0 aliphatic rings. The SMILES string of the molecule is CCCCOc1ccc(Cl)cc1/C=C(/C#N)c1ccc([N+](=O)[O-])cc1. The van der Waals surface area contributed by atoms with E-state index in [2.05, 4.69) is 13.0 Å². The number of benzene rings is 2. The molecule has 0 spiro atoms. The van der Waals surface area contributed by atoms with Crippen molar-refractivity contribution in [3.05, 3.63) is 68.7 Å². The number of nitriles is 1. The van der Waals surface area contributed by atoms with Crippen LogP contribution in [-0.4, -0.2) is 11.5 Å². The molecule has 0 fully saturated rings. The number of nitro benzene ring substituents is 1. The molecule has 0 amide bonds. The van der Waals surface area contributed by atoms with E-state index in [1.54, 1.807) is 36.4 Å². The predicted molar refractivity (Wildman–Crippen MR) is 98.4 cm³/mol. The van der Waals surface area contributed by atoms with Gasteiger partial charge in [0.1, 0.15) is 5.75 Å². The van der Waals surface area contributed by atoms with Crippen LogP contribution in [0.5, 0.6) is 5.75 Å². The number of nitro groups is 1. The topological polar surface area (TPSA) is 76.2 Å². The van der Waals surface area contributed by atoms with Gasteiger partial charge in [0.15, 0.2) is 0 Å². The molecule has 0 aliphatic heterocycles. The minimum Gasteiger partial charge on any atom is -0.493 e. The van der Waals surface area contributed by atoms with E-state index in [0.717, 1.165) is 12.8 Å². The molecule has 0 saturated heterocycles. The summed E-state index contributed by atoms with van der Waals surface area (Å²) in [5.41, 5.74) is 1.64. The van der Waals surface area contributed by atoms with Crippen LogP contribution in [0.1, 0.15) is 30.9 Å². The maximum Gasteiger partial charge on any atom is 0.269 e. The first kappa shape index (κ1) is 18.5. The Morgan fingerprint density at radius 3 is 2.64 bits per heavy atom. The molecule has 2 rings (SSSR count). The van der Waals surface area contributed by atoms with Crippen LogP contribution in [0.2, 0.25) is 5.02 Å². The lowest BCUT2D eigenvalue weighted by Gasteiger charge is -2.10. The monoisotopic (exact) mass is 356 g/mol. The van der Waals surface area contributed by atoms with Gasteiger partial charge in [-0.2, -0.15) is 5.26 Å². The highest BCUT2D eigenvalue weighted by atomic mass is 35.5. The zero-order valence-corrected chi connectivity index (χ0v) is 14.5. The van der Waals surface area contributed by atoms with Crippen molar-refractivity contribution in [2.75, 3.05) is 6.61 Å². The van der Waals surface area contributed by atoms with Crippen molar-refractivity contribution >= 4 is 28.9 Å². The van der Waals surface area contributed by atoms with Crippen LogP contribution in [0, 0.1) is 21.4 Å². The van der Waals surface area contributed by atoms with Crippen molar-refractivity contribution in [2.45, 2.75) is 19.8 Å². The molecule has 0 aliphatic carbocycles. The fourth-order valence-electron chi connectivity index (χ4n) is 2.19. The van der Waals surface area contributed by atoms with Crippen LogP contribution in [0.4, 0.5) is 5.69 Å². The Morgan fingerprint density at radius 2 is 2.04 bits per heavy atom. The molecule has 0 N–H and O–H groups in total. The van der Waals surface area contributed by atoms with Crippen molar-refractivity contribution in [1.82, 2.24) is 0 Å². The maximum atomic E-state index is 10.7. The summed E-state index contributed by atoms with van der Waals surface area (Å²) in [6.07, 6.45) is 3.62. The van der Waals surface area contributed by atoms with Crippen LogP contribution >= 0.6 is 11.6 Å². The third-order valence-electron chi connectivity index (χ3n) is 3.54. The zero-order valence-electron chi connectivity index (χ0n) is 13.7. The highest BCUT2D eigenvalue weighted by Gasteiger charge is 2.09. The first-order valence-corrected chi connectivity index (χ1v) is 8.22. The summed E-state index contributed by atoms with van der Waals surface area (Å²) in [5, 5.41) is 20.7. The van der Waals surface area contributed by atoms with Gasteiger partial charge in [0, 0.05) is 22.7 Å². The zero-order chi connectivity index (χ0) is 18.2. The number of unbranched alkanes of at least 4 members (excludes halogenated alkanes) is 1. The molecule has 2 aromatic rings. The molecule has 2 aromatic carbocycles. The smallest absolute Gasteiger partial charge is 0.269 e. The Bertz CT molecular complexity index is 824. The molecular formula is C19H17ClN2O3. The molecule has 0 atom stereocenters. The molecule has 0 radical (unpaired) electrons. The van der Waals surface area contributed by atoms with Crippen molar-refractivity contribution < 1.29 is 9.66 Å². The van der Waals surface area contributed by atoms with Gasteiger partial charge in [0.05, 0.1) is 23.2 Å². The Hall–Kier alpha value is -2.84. The predicted octanol–water partition coefficient (Wildman–Crippen LogP) is 5.49. The molecule has 0 bridgehead atoms. The number of nitrogens with zero attached hydrogens (tertiary/aromatic N) is 2. The van der Waals surface area contributed by atoms with Gasteiger partial charge < -0.3 is 4.74 Å². The van der Waals surface area contributed by atoms with Gasteiger partial charge in [0.2, 0.25) is 0 Å². The van der Waals surface area contributed by atoms with Crippen LogP contribution in [-0.2, 0) is 0 Å². The van der Waals surface area contributed by atoms with Crippen LogP contribution in [0.15, 0.2) is 42.5 Å². The van der Waals surface area contributed by atoms with Gasteiger partial charge in [0.25, 0.3) is 5.69 Å². The van der Waals surface area contributed by atoms with E-state index in [1.165, 1.54) is 12.1 Å². The molecule has 128 valence electrons. The average molecular weight is 357 g/mol. The van der Waals surface area contributed by atoms with E-state index >= 15 is 0 Å². The molecule has 0 saturated carbocycles. The Morgan fingerprint density at radius 1 is 1.32 bits per heavy atom. The summed E-state index contributed by atoms with van der Waals surface area (Å²) in [4.78, 5) is 10.3. The van der Waals surface area contributed by atoms with Gasteiger partial charge in [-0.15, -0.1) is 0 Å². The van der Waals surface area contributed by atoms with Gasteiger partial charge in [-0.3, -0.25) is 10.1 Å². The van der Waals surface area contributed by atoms with E-state index in [4.69, 9.17) is 16.3 Å². The molecule has 6 heteroatoms. The normalized spacial score (nSPS) is 11.0. The number of halogens is 1. The van der Waals surface area contributed by atoms with E-state index in [9.17, 15) is 15.4 Å². The lowest BCUT2D eigenvalue weighted by molar-refractivity contribution is -0.384. The fourth-order valence-corrected chi connectivity index (χ4v) is 2.37. The van der Waals surface area contributed by atoms with Crippen molar-refractivity contribution in [2.24, 2.45) is 0 Å². The molecule has 25 heavy (non-hydrogen) atoms. The minimum absolute atomic E-state index is 0.0209. The standard InChI is InChI=1S/C19H17ClN2O3/c1-2-3-10-25-19-9-6-17(20)12-15(19)11-16(13-21)14-4-7-18(8-5-14)22(23)24/h4-9,11-12H,2-3,10H2,1H3/b16-11-. The van der Waals surface area contributed by atoms with Crippen molar-refractivity contribution in [1.29, 1.82) is 5.26 Å². The third-order valence-corrected chi connectivity index (χ3v) is 3.77. The number of non-ortho nitro benzene ring substituents is 1. The minimum atomic E-state index is -0.476. The van der Waals surface area contributed by atoms with Gasteiger partial charge in [-0.25, -0.2) is 0 Å². The highest BCUT2D eigenvalue weighted by Crippen LogP contribution is 2.28. The number of ether oxygens (including phenoxy) is 1. The molecule has 0 heterocycles. The molecule has 0 aromatic heterocycles. The first-order chi connectivity index (χ1) is 12.0. The Labute approximate surface area is 151 Å². The first-order valence-electron chi connectivity index (χ1n) is 7.84. The lowest BCUT2D eigenvalue weighted by Crippen LogP contribution is -1.98. The van der Waals surface area contributed by atoms with Gasteiger partial charge >= 0.3 is 0 Å². The number of rotatable bonds is 7. The van der Waals surface area contributed by atoms with Crippen molar-refractivity contribution in [3.8, 4) is 11.8 Å². The highest BCUT2D eigenvalue weighted by molar-refractivity contribution is 6.30. The second kappa shape index (κ2) is 8.86. The Balaban J connectivity index is 2.36. The molecule has 0 unspecified atom stereocenters. The summed E-state index contributed by atoms with van der Waals surface area (Å²) < 4.78 is 5.76. The second-order valence-electron chi connectivity index (χ2n) is 5.36. The number of hydrogen-bond donors (Lipinski definition) is 0. The van der Waals surface area contributed by atoms with Gasteiger partial charge in [-0.05, 0) is 48.4 Å². The summed E-state index contributed by atoms with van der Waals surface area (Å²) in [6.45, 7) is 2.66. The largest absolute Gasteiger partial charge is 0.493 e. The summed E-state index contributed by atoms with van der Waals surface area (Å²) >= 11 is 6.06. The Kier molecular flexibility index (Phi) is 6.55. The van der Waals surface area contributed by atoms with Crippen LogP contribution in [0.25, 0.3) is 11.6 Å². The molecule has 5 nitrogen and oxygen atoms in total. The quantitative estimate of drug-likeness (QED) is 0.216. The summed E-state index contributed by atoms with van der Waals surface area (Å²) in [5.74, 6) is 0.646. The van der Waals surface area contributed by atoms with E-state index in [-0.39, 0.29) is 5.69 Å². The number of hydrogen-bond acceptors (Lipinski definition) is 4. The number of allylic oxidation sites excluding steroid dienone is 1. The van der Waals surface area contributed by atoms with E-state index < -0.39 is 4.92 Å². The fraction of sp³-hybridized carbons (Fsp3) is 0.211. The summed E-state index contributed by atoms with van der Waals surface area (Å²) in [7, 11) is 0. The van der Waals surface area contributed by atoms with Crippen molar-refractivity contribution in [3.63, 3.8) is 0 Å². The second-order valence-corrected chi connectivity index (χ2v) is 5.79. The lowest BCUT2D eigenvalue weighted by atomic mass is 10.0. The van der Waals surface area contributed by atoms with E-state index in [1.807, 2.05) is 0 Å².